The second kappa shape index (κ2) is 18.2. The van der Waals surface area contributed by atoms with E-state index in [4.69, 9.17) is 21.1 Å². The quantitative estimate of drug-likeness (QED) is 0.115. The highest BCUT2D eigenvalue weighted by molar-refractivity contribution is 6.30. The number of carboxylic acids is 1. The van der Waals surface area contributed by atoms with Gasteiger partial charge in [0.1, 0.15) is 29.4 Å². The van der Waals surface area contributed by atoms with Crippen LogP contribution >= 0.6 is 11.6 Å². The van der Waals surface area contributed by atoms with Gasteiger partial charge in [-0.25, -0.2) is 4.79 Å². The minimum Gasteiger partial charge on any atom is -0.497 e. The van der Waals surface area contributed by atoms with Crippen molar-refractivity contribution in [2.45, 2.75) is 57.7 Å². The smallest absolute Gasteiger partial charge is 0.352 e. The van der Waals surface area contributed by atoms with Gasteiger partial charge in [0, 0.05) is 30.6 Å². The highest BCUT2D eigenvalue weighted by atomic mass is 35.5. The minimum absolute atomic E-state index is 0.197. The summed E-state index contributed by atoms with van der Waals surface area (Å²) in [6.07, 6.45) is 3.93. The van der Waals surface area contributed by atoms with Crippen molar-refractivity contribution >= 4 is 53.0 Å². The lowest BCUT2D eigenvalue weighted by atomic mass is 9.81. The van der Waals surface area contributed by atoms with Crippen LogP contribution in [0, 0.1) is 5.41 Å². The molecule has 0 aromatic heterocycles. The van der Waals surface area contributed by atoms with E-state index in [0.29, 0.717) is 59.1 Å². The number of carboxylic acid groups (broad SMARTS) is 1. The Kier molecular flexibility index (Phi) is 12.9. The van der Waals surface area contributed by atoms with Gasteiger partial charge in [-0.3, -0.25) is 24.1 Å². The Hall–Kier alpha value is -6.14. The lowest BCUT2D eigenvalue weighted by Crippen LogP contribution is -2.43. The molecule has 1 aliphatic heterocycles. The van der Waals surface area contributed by atoms with Crippen molar-refractivity contribution in [2.75, 3.05) is 25.2 Å². The molecule has 1 aliphatic carbocycles. The molecule has 2 aliphatic rings. The Bertz CT molecular complexity index is 2100. The van der Waals surface area contributed by atoms with Crippen LogP contribution in [0.15, 0.2) is 109 Å². The maximum atomic E-state index is 14.7. The third-order valence-corrected chi connectivity index (χ3v) is 10.7. The van der Waals surface area contributed by atoms with E-state index in [1.165, 1.54) is 13.0 Å². The lowest BCUT2D eigenvalue weighted by molar-refractivity contribution is -0.138. The number of rotatable bonds is 15. The van der Waals surface area contributed by atoms with Gasteiger partial charge in [0.05, 0.1) is 12.5 Å². The molecule has 4 aromatic carbocycles. The zero-order chi connectivity index (χ0) is 40.5. The van der Waals surface area contributed by atoms with Crippen molar-refractivity contribution < 1.29 is 38.6 Å². The standard InChI is InChI=1S/C44H45ClN4O8/c1-29(50)46-25-24-44(22-6-7-23-44)43(55)47-37(42(53)54)26-30-10-18-34(19-11-30)48-40(32-14-16-33(45)17-15-32)49(39(51)28-57-36-8-4-3-5-9-36)38(41(48)52)27-31-12-20-35(56-2)21-13-31/h3-5,8-21,26,38,40H,6-7,22-25,27-28H2,1-2H3,(H,46,50)(H,47,55)(H,53,54)/b37-26-. The molecule has 57 heavy (non-hydrogen) atoms. The second-order valence-electron chi connectivity index (χ2n) is 14.2. The van der Waals surface area contributed by atoms with Gasteiger partial charge in [-0.2, -0.15) is 0 Å². The summed E-state index contributed by atoms with van der Waals surface area (Å²) in [5.41, 5.74) is 1.28. The molecule has 0 radical (unpaired) electrons. The van der Waals surface area contributed by atoms with Crippen LogP contribution in [0.2, 0.25) is 5.02 Å². The molecule has 12 nitrogen and oxygen atoms in total. The summed E-state index contributed by atoms with van der Waals surface area (Å²) in [5, 5.41) is 16.0. The fourth-order valence-corrected chi connectivity index (χ4v) is 7.68. The molecule has 2 fully saturated rings. The second-order valence-corrected chi connectivity index (χ2v) is 14.7. The SMILES string of the molecule is COc1ccc(CC2C(=O)N(c3ccc(/C=C(\NC(=O)C4(CCNC(C)=O)CCCC4)C(=O)O)cc3)C(c3ccc(Cl)cc3)N2C(=O)COc2ccccc2)cc1. The zero-order valence-electron chi connectivity index (χ0n) is 31.8. The minimum atomic E-state index is -1.31. The van der Waals surface area contributed by atoms with Crippen LogP contribution in [-0.2, 0) is 30.4 Å². The monoisotopic (exact) mass is 792 g/mol. The number of methoxy groups -OCH3 is 1. The van der Waals surface area contributed by atoms with Gasteiger partial charge in [0.15, 0.2) is 6.61 Å². The number of nitrogens with one attached hydrogen (secondary N) is 2. The van der Waals surface area contributed by atoms with E-state index in [0.717, 1.165) is 18.4 Å². The average molecular weight is 793 g/mol. The Morgan fingerprint density at radius 2 is 1.56 bits per heavy atom. The maximum absolute atomic E-state index is 14.7. The number of anilines is 1. The number of carbonyl (C=O) groups excluding carboxylic acids is 4. The number of aliphatic carboxylic acids is 1. The van der Waals surface area contributed by atoms with Gasteiger partial charge in [-0.1, -0.05) is 79.0 Å². The van der Waals surface area contributed by atoms with Crippen LogP contribution in [-0.4, -0.2) is 65.9 Å². The van der Waals surface area contributed by atoms with Crippen LogP contribution in [0.25, 0.3) is 6.08 Å². The molecule has 1 heterocycles. The van der Waals surface area contributed by atoms with E-state index in [1.807, 2.05) is 18.2 Å². The molecule has 296 valence electrons. The number of hydrogen-bond donors (Lipinski definition) is 3. The van der Waals surface area contributed by atoms with Crippen LogP contribution in [0.3, 0.4) is 0 Å². The predicted molar refractivity (Wildman–Crippen MR) is 215 cm³/mol. The van der Waals surface area contributed by atoms with Crippen LogP contribution in [0.1, 0.15) is 61.9 Å². The van der Waals surface area contributed by atoms with E-state index >= 15 is 0 Å². The highest BCUT2D eigenvalue weighted by Crippen LogP contribution is 2.42. The number of carbonyl (C=O) groups is 5. The first-order valence-electron chi connectivity index (χ1n) is 18.8. The summed E-state index contributed by atoms with van der Waals surface area (Å²) in [6, 6.07) is 28.9. The van der Waals surface area contributed by atoms with E-state index in [9.17, 15) is 29.1 Å². The van der Waals surface area contributed by atoms with Crippen molar-refractivity contribution in [3.63, 3.8) is 0 Å². The molecule has 1 saturated carbocycles. The normalized spacial score (nSPS) is 17.6. The number of hydrogen-bond acceptors (Lipinski definition) is 7. The van der Waals surface area contributed by atoms with Gasteiger partial charge in [-0.05, 0) is 90.6 Å². The van der Waals surface area contributed by atoms with Gasteiger partial charge >= 0.3 is 5.97 Å². The molecule has 1 saturated heterocycles. The molecule has 4 amide bonds. The van der Waals surface area contributed by atoms with E-state index < -0.39 is 35.4 Å². The number of nitrogens with zero attached hydrogens (tertiary/aromatic N) is 2. The summed E-state index contributed by atoms with van der Waals surface area (Å²) >= 11 is 6.29. The van der Waals surface area contributed by atoms with Gasteiger partial charge < -0.3 is 30.1 Å². The summed E-state index contributed by atoms with van der Waals surface area (Å²) in [5.74, 6) is -1.49. The Balaban J connectivity index is 1.32. The Morgan fingerprint density at radius 1 is 0.895 bits per heavy atom. The number of para-hydroxylation sites is 1. The van der Waals surface area contributed by atoms with Crippen molar-refractivity contribution in [1.82, 2.24) is 15.5 Å². The van der Waals surface area contributed by atoms with Crippen molar-refractivity contribution in [3.05, 3.63) is 131 Å². The van der Waals surface area contributed by atoms with Crippen LogP contribution in [0.5, 0.6) is 11.5 Å². The molecule has 13 heteroatoms. The molecular weight excluding hydrogens is 748 g/mol. The summed E-state index contributed by atoms with van der Waals surface area (Å²) in [4.78, 5) is 69.6. The average Bonchev–Trinajstić information content (AvgIpc) is 3.81. The molecular formula is C44H45ClN4O8. The predicted octanol–water partition coefficient (Wildman–Crippen LogP) is 6.54. The number of halogens is 1. The fraction of sp³-hybridized carbons (Fsp3) is 0.295. The molecule has 2 unspecified atom stereocenters. The maximum Gasteiger partial charge on any atom is 0.352 e. The number of amides is 4. The topological polar surface area (TPSA) is 155 Å². The summed E-state index contributed by atoms with van der Waals surface area (Å²) < 4.78 is 11.2. The first kappa shape index (κ1) is 40.5. The van der Waals surface area contributed by atoms with Gasteiger partial charge in [0.25, 0.3) is 11.8 Å². The summed E-state index contributed by atoms with van der Waals surface area (Å²) in [7, 11) is 1.57. The highest BCUT2D eigenvalue weighted by Gasteiger charge is 2.50. The van der Waals surface area contributed by atoms with Gasteiger partial charge in [-0.15, -0.1) is 0 Å². The molecule has 6 rings (SSSR count). The Labute approximate surface area is 336 Å². The zero-order valence-corrected chi connectivity index (χ0v) is 32.5. The van der Waals surface area contributed by atoms with Crippen molar-refractivity contribution in [1.29, 1.82) is 0 Å². The number of benzene rings is 4. The third kappa shape index (κ3) is 9.64. The molecule has 0 bridgehead atoms. The first-order chi connectivity index (χ1) is 27.5. The fourth-order valence-electron chi connectivity index (χ4n) is 7.55. The van der Waals surface area contributed by atoms with Crippen LogP contribution < -0.4 is 25.0 Å². The van der Waals surface area contributed by atoms with E-state index in [2.05, 4.69) is 10.6 Å². The van der Waals surface area contributed by atoms with E-state index in [1.54, 1.807) is 102 Å². The largest absolute Gasteiger partial charge is 0.497 e. The van der Waals surface area contributed by atoms with Gasteiger partial charge in [0.2, 0.25) is 11.8 Å². The Morgan fingerprint density at radius 3 is 2.18 bits per heavy atom. The third-order valence-electron chi connectivity index (χ3n) is 10.5. The van der Waals surface area contributed by atoms with Crippen molar-refractivity contribution in [3.8, 4) is 11.5 Å². The summed E-state index contributed by atoms with van der Waals surface area (Å²) in [6.45, 7) is 1.40. The molecule has 4 aromatic rings. The van der Waals surface area contributed by atoms with Crippen molar-refractivity contribution in [2.24, 2.45) is 5.41 Å². The van der Waals surface area contributed by atoms with E-state index in [-0.39, 0.29) is 30.5 Å². The van der Waals surface area contributed by atoms with Crippen LogP contribution in [0.4, 0.5) is 5.69 Å². The molecule has 2 atom stereocenters. The lowest BCUT2D eigenvalue weighted by Gasteiger charge is -2.32. The molecule has 3 N–H and O–H groups in total. The molecule has 0 spiro atoms. The number of ether oxygens (including phenoxy) is 2. The first-order valence-corrected chi connectivity index (χ1v) is 19.2.